The molecule has 0 aliphatic rings. The van der Waals surface area contributed by atoms with Crippen LogP contribution in [0.5, 0.6) is 0 Å². The van der Waals surface area contributed by atoms with E-state index in [1.165, 1.54) is 0 Å². The van der Waals surface area contributed by atoms with Gasteiger partial charge in [0.2, 0.25) is 0 Å². The predicted molar refractivity (Wildman–Crippen MR) is 38.9 cm³/mol. The van der Waals surface area contributed by atoms with E-state index in [-0.39, 0.29) is 12.2 Å². The molecule has 0 atom stereocenters. The molecule has 66 valence electrons. The third-order valence-electron chi connectivity index (χ3n) is 0.641. The quantitative estimate of drug-likeness (QED) is 0.361. The third-order valence-corrected chi connectivity index (χ3v) is 0.641. The summed E-state index contributed by atoms with van der Waals surface area (Å²) in [6.45, 7) is 6.97. The largest absolute Gasteiger partial charge is 0.540 e. The van der Waals surface area contributed by atoms with Crippen molar-refractivity contribution in [3.05, 3.63) is 0 Å². The number of carbonyl (C=O) groups excluding carboxylic acids is 1. The van der Waals surface area contributed by atoms with Crippen LogP contribution in [0.2, 0.25) is 0 Å². The molecule has 0 radical (unpaired) electrons. The molecule has 0 rings (SSSR count). The SMILES string of the molecule is CC(C)OOC(=O)OC(C)C. The second-order valence-corrected chi connectivity index (χ2v) is 2.64. The molecule has 0 aliphatic heterocycles. The van der Waals surface area contributed by atoms with Crippen molar-refractivity contribution in [1.82, 2.24) is 0 Å². The van der Waals surface area contributed by atoms with Gasteiger partial charge in [0.05, 0.1) is 12.2 Å². The van der Waals surface area contributed by atoms with Crippen molar-refractivity contribution < 1.29 is 19.3 Å². The lowest BCUT2D eigenvalue weighted by atomic mass is 10.5. The van der Waals surface area contributed by atoms with Gasteiger partial charge in [0, 0.05) is 0 Å². The molecule has 0 saturated heterocycles. The molecule has 0 unspecified atom stereocenters. The average Bonchev–Trinajstić information content (AvgIpc) is 1.82. The van der Waals surface area contributed by atoms with Gasteiger partial charge >= 0.3 is 6.16 Å². The Kier molecular flexibility index (Phi) is 4.61. The van der Waals surface area contributed by atoms with E-state index in [1.54, 1.807) is 27.7 Å². The van der Waals surface area contributed by atoms with E-state index >= 15 is 0 Å². The molecule has 0 N–H and O–H groups in total. The van der Waals surface area contributed by atoms with Gasteiger partial charge in [-0.2, -0.15) is 4.89 Å². The van der Waals surface area contributed by atoms with Crippen molar-refractivity contribution in [2.24, 2.45) is 0 Å². The van der Waals surface area contributed by atoms with E-state index in [0.717, 1.165) is 0 Å². The van der Waals surface area contributed by atoms with Crippen LogP contribution < -0.4 is 0 Å². The molecule has 11 heavy (non-hydrogen) atoms. The minimum absolute atomic E-state index is 0.144. The Labute approximate surface area is 66.4 Å². The highest BCUT2D eigenvalue weighted by molar-refractivity contribution is 5.59. The van der Waals surface area contributed by atoms with Gasteiger partial charge in [-0.25, -0.2) is 4.79 Å². The summed E-state index contributed by atoms with van der Waals surface area (Å²) in [5.41, 5.74) is 0. The van der Waals surface area contributed by atoms with Gasteiger partial charge in [0.15, 0.2) is 0 Å². The standard InChI is InChI=1S/C7H14O4/c1-5(2)9-7(8)11-10-6(3)4/h5-6H,1-4H3. The number of hydrogen-bond donors (Lipinski definition) is 0. The maximum Gasteiger partial charge on any atom is 0.540 e. The Morgan fingerprint density at radius 3 is 2.00 bits per heavy atom. The van der Waals surface area contributed by atoms with Crippen LogP contribution in [0.1, 0.15) is 27.7 Å². The van der Waals surface area contributed by atoms with Gasteiger partial charge in [-0.1, -0.05) is 0 Å². The number of rotatable bonds is 3. The van der Waals surface area contributed by atoms with Crippen LogP contribution in [0, 0.1) is 0 Å². The highest BCUT2D eigenvalue weighted by Gasteiger charge is 2.08. The summed E-state index contributed by atoms with van der Waals surface area (Å²) in [6, 6.07) is 0. The van der Waals surface area contributed by atoms with Crippen molar-refractivity contribution in [2.45, 2.75) is 39.9 Å². The first-order valence-electron chi connectivity index (χ1n) is 3.56. The molecule has 0 bridgehead atoms. The zero-order valence-corrected chi connectivity index (χ0v) is 7.29. The molecule has 0 heterocycles. The van der Waals surface area contributed by atoms with E-state index in [0.29, 0.717) is 0 Å². The topological polar surface area (TPSA) is 44.8 Å². The van der Waals surface area contributed by atoms with Crippen molar-refractivity contribution in [3.8, 4) is 0 Å². The second-order valence-electron chi connectivity index (χ2n) is 2.64. The molecule has 0 fully saturated rings. The van der Waals surface area contributed by atoms with Crippen LogP contribution in [0.3, 0.4) is 0 Å². The Morgan fingerprint density at radius 1 is 1.09 bits per heavy atom. The van der Waals surface area contributed by atoms with E-state index in [1.807, 2.05) is 0 Å². The summed E-state index contributed by atoms with van der Waals surface area (Å²) in [6.07, 6.45) is -1.12. The van der Waals surface area contributed by atoms with Gasteiger partial charge in [-0.05, 0) is 27.7 Å². The smallest absolute Gasteiger partial charge is 0.430 e. The van der Waals surface area contributed by atoms with E-state index in [2.05, 4.69) is 14.5 Å². The Hall–Kier alpha value is -0.770. The number of carbonyl (C=O) groups is 1. The molecule has 0 amide bonds. The Bertz CT molecular complexity index is 120. The first-order chi connectivity index (χ1) is 5.02. The molecule has 0 aromatic rings. The van der Waals surface area contributed by atoms with Gasteiger partial charge in [-0.15, -0.1) is 0 Å². The third kappa shape index (κ3) is 7.12. The summed E-state index contributed by atoms with van der Waals surface area (Å²) in [5.74, 6) is 0. The molecule has 0 aromatic carbocycles. The maximum atomic E-state index is 10.6. The van der Waals surface area contributed by atoms with Gasteiger partial charge in [0.1, 0.15) is 0 Å². The van der Waals surface area contributed by atoms with E-state index < -0.39 is 6.16 Å². The van der Waals surface area contributed by atoms with E-state index in [9.17, 15) is 4.79 Å². The highest BCUT2D eigenvalue weighted by Crippen LogP contribution is 1.95. The first kappa shape index (κ1) is 10.2. The fraction of sp³-hybridized carbons (Fsp3) is 0.857. The van der Waals surface area contributed by atoms with Crippen LogP contribution in [0.25, 0.3) is 0 Å². The van der Waals surface area contributed by atoms with Crippen molar-refractivity contribution in [1.29, 1.82) is 0 Å². The normalized spacial score (nSPS) is 10.4. The molecule has 4 nitrogen and oxygen atoms in total. The van der Waals surface area contributed by atoms with Crippen LogP contribution in [-0.2, 0) is 14.5 Å². The monoisotopic (exact) mass is 162 g/mol. The molecule has 0 saturated carbocycles. The van der Waals surface area contributed by atoms with Crippen molar-refractivity contribution in [3.63, 3.8) is 0 Å². The van der Waals surface area contributed by atoms with Crippen molar-refractivity contribution in [2.75, 3.05) is 0 Å². The average molecular weight is 162 g/mol. The zero-order valence-electron chi connectivity index (χ0n) is 7.29. The second kappa shape index (κ2) is 4.96. The Morgan fingerprint density at radius 2 is 1.64 bits per heavy atom. The number of ether oxygens (including phenoxy) is 1. The molecular formula is C7H14O4. The first-order valence-corrected chi connectivity index (χ1v) is 3.56. The fourth-order valence-corrected chi connectivity index (χ4v) is 0.348. The van der Waals surface area contributed by atoms with Gasteiger partial charge < -0.3 is 4.74 Å². The van der Waals surface area contributed by atoms with Crippen LogP contribution in [0.4, 0.5) is 4.79 Å². The van der Waals surface area contributed by atoms with Gasteiger partial charge in [0.25, 0.3) is 0 Å². The number of hydrogen-bond acceptors (Lipinski definition) is 4. The lowest BCUT2D eigenvalue weighted by molar-refractivity contribution is -0.279. The molecule has 0 spiro atoms. The highest BCUT2D eigenvalue weighted by atomic mass is 17.2. The van der Waals surface area contributed by atoms with E-state index in [4.69, 9.17) is 0 Å². The van der Waals surface area contributed by atoms with Crippen LogP contribution >= 0.6 is 0 Å². The fourth-order valence-electron chi connectivity index (χ4n) is 0.348. The Balaban J connectivity index is 3.38. The lowest BCUT2D eigenvalue weighted by Gasteiger charge is -2.08. The van der Waals surface area contributed by atoms with Crippen molar-refractivity contribution >= 4 is 6.16 Å². The molecule has 0 aliphatic carbocycles. The maximum absolute atomic E-state index is 10.6. The summed E-state index contributed by atoms with van der Waals surface area (Å²) >= 11 is 0. The summed E-state index contributed by atoms with van der Waals surface area (Å²) in [5, 5.41) is 0. The lowest BCUT2D eigenvalue weighted by Crippen LogP contribution is -2.15. The zero-order chi connectivity index (χ0) is 8.85. The summed E-state index contributed by atoms with van der Waals surface area (Å²) in [7, 11) is 0. The van der Waals surface area contributed by atoms with Gasteiger partial charge in [-0.3, -0.25) is 4.89 Å². The summed E-state index contributed by atoms with van der Waals surface area (Å²) in [4.78, 5) is 19.4. The minimum Gasteiger partial charge on any atom is -0.430 e. The predicted octanol–water partition coefficient (Wildman–Crippen LogP) is 1.89. The molecule has 4 heteroatoms. The molecular weight excluding hydrogens is 148 g/mol. The summed E-state index contributed by atoms with van der Waals surface area (Å²) < 4.78 is 4.61. The van der Waals surface area contributed by atoms with Crippen LogP contribution in [-0.4, -0.2) is 18.4 Å². The molecule has 0 aromatic heterocycles. The van der Waals surface area contributed by atoms with Crippen LogP contribution in [0.15, 0.2) is 0 Å². The minimum atomic E-state index is -0.798.